The van der Waals surface area contributed by atoms with E-state index in [4.69, 9.17) is 0 Å². The number of anilines is 3. The zero-order valence-corrected chi connectivity index (χ0v) is 15.2. The molecule has 0 aliphatic rings. The maximum absolute atomic E-state index is 3.63. The van der Waals surface area contributed by atoms with E-state index in [1.807, 2.05) is 0 Å². The Balaban J connectivity index is 1.85. The Morgan fingerprint density at radius 2 is 1.16 bits per heavy atom. The Hall–Kier alpha value is -2.74. The van der Waals surface area contributed by atoms with Gasteiger partial charge in [-0.1, -0.05) is 74.5 Å². The van der Waals surface area contributed by atoms with E-state index in [0.29, 0.717) is 5.92 Å². The van der Waals surface area contributed by atoms with Gasteiger partial charge >= 0.3 is 0 Å². The first-order chi connectivity index (χ1) is 12.1. The number of rotatable bonds is 6. The van der Waals surface area contributed by atoms with Gasteiger partial charge in [0.1, 0.15) is 0 Å². The second kappa shape index (κ2) is 7.89. The molecule has 0 aromatic heterocycles. The quantitative estimate of drug-likeness (QED) is 0.524. The van der Waals surface area contributed by atoms with Crippen LogP contribution in [0.5, 0.6) is 0 Å². The molecule has 0 radical (unpaired) electrons. The number of hydrogen-bond donors (Lipinski definition) is 2. The Morgan fingerprint density at radius 3 is 1.84 bits per heavy atom. The minimum atomic E-state index is 0.240. The monoisotopic (exact) mass is 330 g/mol. The molecule has 0 amide bonds. The summed E-state index contributed by atoms with van der Waals surface area (Å²) in [5.74, 6) is 0.479. The Labute approximate surface area is 150 Å². The van der Waals surface area contributed by atoms with Gasteiger partial charge in [-0.2, -0.15) is 0 Å². The fourth-order valence-electron chi connectivity index (χ4n) is 3.04. The lowest BCUT2D eigenvalue weighted by Gasteiger charge is -2.21. The van der Waals surface area contributed by atoms with Gasteiger partial charge in [0.25, 0.3) is 0 Å². The molecule has 0 spiro atoms. The summed E-state index contributed by atoms with van der Waals surface area (Å²) in [6.45, 7) is 6.64. The van der Waals surface area contributed by atoms with E-state index in [2.05, 4.69) is 110 Å². The van der Waals surface area contributed by atoms with Crippen LogP contribution in [0.25, 0.3) is 0 Å². The predicted octanol–water partition coefficient (Wildman–Crippen LogP) is 6.73. The van der Waals surface area contributed by atoms with Crippen molar-refractivity contribution in [2.45, 2.75) is 32.7 Å². The molecule has 0 saturated heterocycles. The third-order valence-electron chi connectivity index (χ3n) is 4.45. The summed E-state index contributed by atoms with van der Waals surface area (Å²) >= 11 is 0. The second-order valence-corrected chi connectivity index (χ2v) is 6.69. The van der Waals surface area contributed by atoms with Crippen molar-refractivity contribution in [3.63, 3.8) is 0 Å². The van der Waals surface area contributed by atoms with Gasteiger partial charge in [-0.15, -0.1) is 0 Å². The Bertz CT molecular complexity index is 809. The van der Waals surface area contributed by atoms with Crippen molar-refractivity contribution in [3.05, 3.63) is 90.0 Å². The van der Waals surface area contributed by atoms with Crippen molar-refractivity contribution >= 4 is 17.1 Å². The van der Waals surface area contributed by atoms with Crippen LogP contribution < -0.4 is 10.6 Å². The zero-order valence-electron chi connectivity index (χ0n) is 15.2. The molecule has 25 heavy (non-hydrogen) atoms. The smallest absolute Gasteiger partial charge is 0.0620 e. The molecule has 0 aliphatic carbocycles. The largest absolute Gasteiger partial charge is 0.377 e. The van der Waals surface area contributed by atoms with E-state index in [0.717, 1.165) is 11.4 Å². The highest BCUT2D eigenvalue weighted by Gasteiger charge is 2.10. The van der Waals surface area contributed by atoms with E-state index in [1.165, 1.54) is 16.8 Å². The van der Waals surface area contributed by atoms with Crippen LogP contribution in [-0.2, 0) is 0 Å². The molecule has 0 heterocycles. The van der Waals surface area contributed by atoms with Gasteiger partial charge in [-0.05, 0) is 42.2 Å². The highest BCUT2D eigenvalue weighted by molar-refractivity contribution is 5.76. The van der Waals surface area contributed by atoms with Gasteiger partial charge in [0, 0.05) is 11.7 Å². The molecule has 0 saturated carbocycles. The molecule has 2 N–H and O–H groups in total. The molecular weight excluding hydrogens is 304 g/mol. The molecule has 0 unspecified atom stereocenters. The summed E-state index contributed by atoms with van der Waals surface area (Å²) in [6.07, 6.45) is 0. The van der Waals surface area contributed by atoms with Crippen molar-refractivity contribution in [3.8, 4) is 0 Å². The average molecular weight is 330 g/mol. The molecule has 3 aromatic carbocycles. The summed E-state index contributed by atoms with van der Waals surface area (Å²) in [6, 6.07) is 27.7. The van der Waals surface area contributed by atoms with Gasteiger partial charge in [-0.3, -0.25) is 0 Å². The van der Waals surface area contributed by atoms with Crippen molar-refractivity contribution in [2.24, 2.45) is 0 Å². The van der Waals surface area contributed by atoms with Crippen molar-refractivity contribution in [2.75, 3.05) is 10.6 Å². The van der Waals surface area contributed by atoms with Gasteiger partial charge in [0.2, 0.25) is 0 Å². The van der Waals surface area contributed by atoms with Gasteiger partial charge in [0.15, 0.2) is 0 Å². The fourth-order valence-corrected chi connectivity index (χ4v) is 3.04. The van der Waals surface area contributed by atoms with E-state index in [9.17, 15) is 0 Å². The van der Waals surface area contributed by atoms with Crippen LogP contribution in [0.2, 0.25) is 0 Å². The van der Waals surface area contributed by atoms with E-state index in [1.54, 1.807) is 0 Å². The molecule has 0 aliphatic heterocycles. The minimum Gasteiger partial charge on any atom is -0.377 e. The number of nitrogens with one attached hydrogen (secondary N) is 2. The normalized spacial score (nSPS) is 12.0. The van der Waals surface area contributed by atoms with Crippen LogP contribution in [0.15, 0.2) is 78.9 Å². The highest BCUT2D eigenvalue weighted by atomic mass is 15.0. The number of para-hydroxylation sites is 3. The van der Waals surface area contributed by atoms with Crippen LogP contribution in [-0.4, -0.2) is 0 Å². The molecule has 128 valence electrons. The summed E-state index contributed by atoms with van der Waals surface area (Å²) in [7, 11) is 0. The van der Waals surface area contributed by atoms with Crippen molar-refractivity contribution in [1.82, 2.24) is 0 Å². The van der Waals surface area contributed by atoms with Crippen LogP contribution >= 0.6 is 0 Å². The third-order valence-corrected chi connectivity index (χ3v) is 4.45. The zero-order chi connectivity index (χ0) is 17.6. The average Bonchev–Trinajstić information content (AvgIpc) is 2.64. The van der Waals surface area contributed by atoms with Crippen molar-refractivity contribution < 1.29 is 0 Å². The van der Waals surface area contributed by atoms with Crippen molar-refractivity contribution in [1.29, 1.82) is 0 Å². The molecule has 3 aromatic rings. The predicted molar refractivity (Wildman–Crippen MR) is 109 cm³/mol. The molecular formula is C23H26N2. The van der Waals surface area contributed by atoms with E-state index in [-0.39, 0.29) is 6.04 Å². The maximum Gasteiger partial charge on any atom is 0.0620 e. The third kappa shape index (κ3) is 4.21. The second-order valence-electron chi connectivity index (χ2n) is 6.69. The van der Waals surface area contributed by atoms with Crippen LogP contribution in [0.3, 0.4) is 0 Å². The first-order valence-corrected chi connectivity index (χ1v) is 8.91. The summed E-state index contributed by atoms with van der Waals surface area (Å²) in [5.41, 5.74) is 5.98. The van der Waals surface area contributed by atoms with Gasteiger partial charge in [-0.25, -0.2) is 0 Å². The molecule has 0 bridgehead atoms. The number of hydrogen-bond acceptors (Lipinski definition) is 2. The lowest BCUT2D eigenvalue weighted by Crippen LogP contribution is -2.08. The lowest BCUT2D eigenvalue weighted by atomic mass is 10.0. The molecule has 0 fully saturated rings. The first-order valence-electron chi connectivity index (χ1n) is 8.91. The summed E-state index contributed by atoms with van der Waals surface area (Å²) in [5, 5.41) is 7.25. The molecule has 2 nitrogen and oxygen atoms in total. The Kier molecular flexibility index (Phi) is 5.39. The van der Waals surface area contributed by atoms with E-state index < -0.39 is 0 Å². The van der Waals surface area contributed by atoms with Crippen LogP contribution in [0.4, 0.5) is 17.1 Å². The summed E-state index contributed by atoms with van der Waals surface area (Å²) < 4.78 is 0. The maximum atomic E-state index is 3.63. The molecule has 3 rings (SSSR count). The van der Waals surface area contributed by atoms with Crippen LogP contribution in [0, 0.1) is 0 Å². The van der Waals surface area contributed by atoms with Gasteiger partial charge in [0.05, 0.1) is 11.4 Å². The number of benzene rings is 3. The van der Waals surface area contributed by atoms with Gasteiger partial charge < -0.3 is 10.6 Å². The summed E-state index contributed by atoms with van der Waals surface area (Å²) in [4.78, 5) is 0. The first kappa shape index (κ1) is 17.1. The topological polar surface area (TPSA) is 24.1 Å². The van der Waals surface area contributed by atoms with E-state index >= 15 is 0 Å². The molecule has 1 atom stereocenters. The molecule has 2 heteroatoms. The SMILES string of the molecule is CC(C)c1ccccc1Nc1ccccc1N[C@@H](C)c1ccccc1. The minimum absolute atomic E-state index is 0.240. The fraction of sp³-hybridized carbons (Fsp3) is 0.217. The highest BCUT2D eigenvalue weighted by Crippen LogP contribution is 2.32. The lowest BCUT2D eigenvalue weighted by molar-refractivity contribution is 0.868. The van der Waals surface area contributed by atoms with Crippen LogP contribution in [0.1, 0.15) is 43.9 Å². The standard InChI is InChI=1S/C23H26N2/c1-17(2)20-13-7-8-14-21(20)25-23-16-10-9-15-22(23)24-18(3)19-11-5-4-6-12-19/h4-18,24-25H,1-3H3/t18-/m0/s1. The Morgan fingerprint density at radius 1 is 0.600 bits per heavy atom.